The van der Waals surface area contributed by atoms with Crippen molar-refractivity contribution in [3.8, 4) is 22.6 Å². The smallest absolute Gasteiger partial charge is 0.424 e. The second kappa shape index (κ2) is 10.9. The Morgan fingerprint density at radius 2 is 1.73 bits per heavy atom. The fourth-order valence-electron chi connectivity index (χ4n) is 4.20. The fourth-order valence-corrected chi connectivity index (χ4v) is 5.71. The molecule has 41 heavy (non-hydrogen) atoms. The minimum atomic E-state index is -5.23. The zero-order valence-electron chi connectivity index (χ0n) is 21.5. The third kappa shape index (κ3) is 5.84. The van der Waals surface area contributed by atoms with Gasteiger partial charge in [-0.25, -0.2) is 21.6 Å². The van der Waals surface area contributed by atoms with E-state index >= 15 is 0 Å². The van der Waals surface area contributed by atoms with E-state index in [9.17, 15) is 44.7 Å². The van der Waals surface area contributed by atoms with Crippen molar-refractivity contribution in [2.24, 2.45) is 0 Å². The molecule has 0 bridgehead atoms. The van der Waals surface area contributed by atoms with Gasteiger partial charge in [0.05, 0.1) is 24.2 Å². The van der Waals surface area contributed by atoms with Gasteiger partial charge in [0, 0.05) is 18.1 Å². The Labute approximate surface area is 231 Å². The summed E-state index contributed by atoms with van der Waals surface area (Å²) in [6, 6.07) is 9.27. The normalized spacial score (nSPS) is 16.9. The Morgan fingerprint density at radius 3 is 2.39 bits per heavy atom. The van der Waals surface area contributed by atoms with Crippen LogP contribution in [-0.4, -0.2) is 50.8 Å². The van der Waals surface area contributed by atoms with Crippen molar-refractivity contribution < 1.29 is 54.1 Å². The van der Waals surface area contributed by atoms with Crippen LogP contribution in [0.25, 0.3) is 11.1 Å². The number of hydrogen-bond acceptors (Lipinski definition) is 6. The number of carbonyl (C=O) groups excluding carboxylic acids is 1. The van der Waals surface area contributed by atoms with Gasteiger partial charge in [0.1, 0.15) is 23.5 Å². The third-order valence-corrected chi connectivity index (χ3v) is 8.40. The maximum atomic E-state index is 14.5. The Morgan fingerprint density at radius 1 is 1.05 bits per heavy atom. The number of fused-ring (bicyclic) bond motifs is 1. The van der Waals surface area contributed by atoms with E-state index in [-0.39, 0.29) is 28.3 Å². The summed E-state index contributed by atoms with van der Waals surface area (Å²) in [4.78, 5) is 11.8. The van der Waals surface area contributed by atoms with Crippen LogP contribution in [0.3, 0.4) is 0 Å². The molecule has 0 saturated carbocycles. The van der Waals surface area contributed by atoms with Crippen LogP contribution in [0.2, 0.25) is 0 Å². The molecule has 1 aliphatic rings. The van der Waals surface area contributed by atoms with Crippen LogP contribution in [0.15, 0.2) is 59.5 Å². The van der Waals surface area contributed by atoms with Gasteiger partial charge in [-0.2, -0.15) is 13.2 Å². The molecule has 0 fully saturated rings. The zero-order valence-corrected chi connectivity index (χ0v) is 22.3. The van der Waals surface area contributed by atoms with Crippen molar-refractivity contribution in [2.75, 3.05) is 18.0 Å². The lowest BCUT2D eigenvalue weighted by Crippen LogP contribution is -2.50. The number of carbonyl (C=O) groups is 1. The van der Waals surface area contributed by atoms with E-state index < -0.39 is 75.4 Å². The molecule has 0 aliphatic carbocycles. The minimum absolute atomic E-state index is 0.0797. The van der Waals surface area contributed by atoms with E-state index in [0.717, 1.165) is 47.8 Å². The predicted molar refractivity (Wildman–Crippen MR) is 135 cm³/mol. The first-order valence-electron chi connectivity index (χ1n) is 12.0. The lowest BCUT2D eigenvalue weighted by molar-refractivity contribution is -0.244. The second-order valence-electron chi connectivity index (χ2n) is 9.41. The van der Waals surface area contributed by atoms with Gasteiger partial charge >= 0.3 is 6.18 Å². The molecule has 2 atom stereocenters. The maximum Gasteiger partial charge on any atom is 0.424 e. The molecule has 0 amide bonds. The van der Waals surface area contributed by atoms with Gasteiger partial charge in [-0.05, 0) is 61.4 Å². The first kappa shape index (κ1) is 30.2. The number of methoxy groups -OCH3 is 1. The first-order valence-corrected chi connectivity index (χ1v) is 13.4. The second-order valence-corrected chi connectivity index (χ2v) is 11.3. The van der Waals surface area contributed by atoms with Crippen LogP contribution in [0.1, 0.15) is 19.8 Å². The monoisotopic (exact) mass is 603 g/mol. The van der Waals surface area contributed by atoms with E-state index in [1.807, 2.05) is 0 Å². The molecule has 0 radical (unpaired) electrons. The summed E-state index contributed by atoms with van der Waals surface area (Å²) in [6.07, 6.45) is -7.62. The van der Waals surface area contributed by atoms with E-state index in [0.29, 0.717) is 6.92 Å². The molecule has 0 saturated heterocycles. The molecule has 0 unspecified atom stereocenters. The Kier molecular flexibility index (Phi) is 8.02. The van der Waals surface area contributed by atoms with E-state index in [4.69, 9.17) is 9.47 Å². The molecule has 3 aromatic carbocycles. The van der Waals surface area contributed by atoms with Crippen molar-refractivity contribution in [1.82, 2.24) is 0 Å². The summed E-state index contributed by atoms with van der Waals surface area (Å²) in [5.74, 6) is -4.41. The summed E-state index contributed by atoms with van der Waals surface area (Å²) < 4.78 is 121. The van der Waals surface area contributed by atoms with Crippen molar-refractivity contribution in [2.45, 2.75) is 42.5 Å². The highest BCUT2D eigenvalue weighted by Gasteiger charge is 2.55. The highest BCUT2D eigenvalue weighted by Crippen LogP contribution is 2.42. The zero-order chi connectivity index (χ0) is 30.3. The average Bonchev–Trinajstić information content (AvgIpc) is 2.91. The number of rotatable bonds is 8. The minimum Gasteiger partial charge on any atom is -0.494 e. The van der Waals surface area contributed by atoms with Gasteiger partial charge in [-0.1, -0.05) is 6.07 Å². The molecule has 14 heteroatoms. The average molecular weight is 604 g/mol. The molecule has 1 N–H and O–H groups in total. The molecule has 0 spiro atoms. The van der Waals surface area contributed by atoms with Crippen LogP contribution in [0.4, 0.5) is 32.0 Å². The van der Waals surface area contributed by atoms with Crippen LogP contribution in [0.5, 0.6) is 11.5 Å². The number of alkyl halides is 3. The quantitative estimate of drug-likeness (QED) is 0.347. The topological polar surface area (TPSA) is 93.1 Å². The van der Waals surface area contributed by atoms with Gasteiger partial charge in [0.2, 0.25) is 5.60 Å². The number of halogens is 6. The Balaban J connectivity index is 1.76. The van der Waals surface area contributed by atoms with Crippen LogP contribution < -0.4 is 13.8 Å². The maximum absolute atomic E-state index is 14.5. The number of benzene rings is 3. The standard InChI is InChI=1S/C27H23F6NO6S/c1-26(36,27(31,32)33)25(35)10-5-17-14-34(41(37,38)18-6-8-21(30)24(13-18)39-2)22-11-15(3-9-23(22)40-17)19-12-16(28)4-7-20(19)29/h3-4,6-9,11-13,17,36H,5,10,14H2,1-2H3/t17-,26+/m0/s1. The summed E-state index contributed by atoms with van der Waals surface area (Å²) in [5.41, 5.74) is -3.86. The molecule has 4 rings (SSSR count). The number of Topliss-reactive ketones (excluding diaryl/α,β-unsaturated/α-hetero) is 1. The molecular weight excluding hydrogens is 580 g/mol. The highest BCUT2D eigenvalue weighted by atomic mass is 32.2. The number of ketones is 1. The van der Waals surface area contributed by atoms with Gasteiger partial charge in [0.25, 0.3) is 10.0 Å². The largest absolute Gasteiger partial charge is 0.494 e. The van der Waals surface area contributed by atoms with Crippen molar-refractivity contribution in [3.63, 3.8) is 0 Å². The molecule has 220 valence electrons. The number of sulfonamides is 1. The van der Waals surface area contributed by atoms with E-state index in [1.54, 1.807) is 0 Å². The summed E-state index contributed by atoms with van der Waals surface area (Å²) in [7, 11) is -3.41. The number of nitrogens with zero attached hydrogens (tertiary/aromatic N) is 1. The molecule has 7 nitrogen and oxygen atoms in total. The number of aliphatic hydroxyl groups is 1. The Hall–Kier alpha value is -3.78. The van der Waals surface area contributed by atoms with Crippen LogP contribution in [-0.2, 0) is 14.8 Å². The van der Waals surface area contributed by atoms with Crippen molar-refractivity contribution in [3.05, 3.63) is 72.0 Å². The lowest BCUT2D eigenvalue weighted by atomic mass is 9.95. The number of anilines is 1. The molecule has 3 aromatic rings. The van der Waals surface area contributed by atoms with E-state index in [1.165, 1.54) is 18.2 Å². The van der Waals surface area contributed by atoms with Crippen molar-refractivity contribution >= 4 is 21.5 Å². The number of hydrogen-bond donors (Lipinski definition) is 1. The van der Waals surface area contributed by atoms with Gasteiger partial charge in [-0.3, -0.25) is 9.10 Å². The van der Waals surface area contributed by atoms with E-state index in [2.05, 4.69) is 0 Å². The predicted octanol–water partition coefficient (Wildman–Crippen LogP) is 5.40. The fraction of sp³-hybridized carbons (Fsp3) is 0.296. The SMILES string of the molecule is COc1cc(S(=O)(=O)N2C[C@H](CCC(=O)[C@@](C)(O)C(F)(F)F)Oc3ccc(-c4cc(F)ccc4F)cc32)ccc1F. The van der Waals surface area contributed by atoms with Crippen LogP contribution in [0, 0.1) is 17.5 Å². The van der Waals surface area contributed by atoms with Gasteiger partial charge in [-0.15, -0.1) is 0 Å². The molecule has 1 aliphatic heterocycles. The van der Waals surface area contributed by atoms with Crippen LogP contribution >= 0.6 is 0 Å². The summed E-state index contributed by atoms with van der Waals surface area (Å²) in [6.45, 7) is -0.205. The number of ether oxygens (including phenoxy) is 2. The third-order valence-electron chi connectivity index (χ3n) is 6.63. The highest BCUT2D eigenvalue weighted by molar-refractivity contribution is 7.92. The first-order chi connectivity index (χ1) is 19.1. The molecular formula is C27H23F6NO6S. The molecule has 1 heterocycles. The summed E-state index contributed by atoms with van der Waals surface area (Å²) >= 11 is 0. The van der Waals surface area contributed by atoms with Crippen molar-refractivity contribution in [1.29, 1.82) is 0 Å². The van der Waals surface area contributed by atoms with Gasteiger partial charge < -0.3 is 14.6 Å². The van der Waals surface area contributed by atoms with Gasteiger partial charge in [0.15, 0.2) is 17.3 Å². The Bertz CT molecular complexity index is 1590. The molecule has 0 aromatic heterocycles. The lowest BCUT2D eigenvalue weighted by Gasteiger charge is -2.36. The summed E-state index contributed by atoms with van der Waals surface area (Å²) in [5, 5.41) is 9.67.